The summed E-state index contributed by atoms with van der Waals surface area (Å²) in [6.07, 6.45) is -1.22. The Morgan fingerprint density at radius 1 is 1.04 bits per heavy atom. The van der Waals surface area contributed by atoms with Crippen molar-refractivity contribution in [2.75, 3.05) is 0 Å². The molecule has 8 heteroatoms. The lowest BCUT2D eigenvalue weighted by Gasteiger charge is -2.08. The Kier molecular flexibility index (Phi) is 4.80. The van der Waals surface area contributed by atoms with Gasteiger partial charge in [0.25, 0.3) is 0 Å². The summed E-state index contributed by atoms with van der Waals surface area (Å²) in [5.41, 5.74) is 2.62. The van der Waals surface area contributed by atoms with E-state index < -0.39 is 11.7 Å². The Labute approximate surface area is 163 Å². The summed E-state index contributed by atoms with van der Waals surface area (Å²) >= 11 is 1.36. The number of hydrogen-bond donors (Lipinski definition) is 0. The molecule has 2 aromatic heterocycles. The average Bonchev–Trinajstić information content (AvgIpc) is 3.11. The van der Waals surface area contributed by atoms with E-state index in [4.69, 9.17) is 0 Å². The fraction of sp³-hybridized carbons (Fsp3) is 0.150. The number of rotatable bonds is 4. The number of nitrogens with zero attached hydrogens (tertiary/aromatic N) is 4. The highest BCUT2D eigenvalue weighted by atomic mass is 32.2. The molecule has 0 saturated carbocycles. The molecule has 0 saturated heterocycles. The first-order valence-electron chi connectivity index (χ1n) is 8.46. The van der Waals surface area contributed by atoms with Crippen LogP contribution in [-0.2, 0) is 11.9 Å². The number of hydrogen-bond acceptors (Lipinski definition) is 4. The van der Waals surface area contributed by atoms with Crippen molar-refractivity contribution in [3.63, 3.8) is 0 Å². The largest absolute Gasteiger partial charge is 0.416 e. The van der Waals surface area contributed by atoms with E-state index in [-0.39, 0.29) is 0 Å². The summed E-state index contributed by atoms with van der Waals surface area (Å²) in [5.74, 6) is 0.367. The molecule has 0 spiro atoms. The van der Waals surface area contributed by atoms with Gasteiger partial charge < -0.3 is 0 Å². The minimum absolute atomic E-state index is 0.367. The lowest BCUT2D eigenvalue weighted by Crippen LogP contribution is -2.04. The molecule has 0 aliphatic rings. The van der Waals surface area contributed by atoms with Gasteiger partial charge in [0, 0.05) is 5.75 Å². The van der Waals surface area contributed by atoms with Crippen molar-refractivity contribution in [3.8, 4) is 5.69 Å². The first-order valence-corrected chi connectivity index (χ1v) is 9.45. The van der Waals surface area contributed by atoms with Gasteiger partial charge in [-0.3, -0.25) is 0 Å². The first kappa shape index (κ1) is 18.5. The van der Waals surface area contributed by atoms with Gasteiger partial charge in [0.2, 0.25) is 0 Å². The van der Waals surface area contributed by atoms with Crippen molar-refractivity contribution < 1.29 is 13.2 Å². The SMILES string of the molecule is Cc1ccc(-n2ncc3c(SCc4cccc(C(F)(F)F)c4)ncnc32)cc1. The summed E-state index contributed by atoms with van der Waals surface area (Å²) in [6.45, 7) is 2.01. The standard InChI is InChI=1S/C20H15F3N4S/c1-13-5-7-16(8-6-13)27-18-17(10-26-27)19(25-12-24-18)28-11-14-3-2-4-15(9-14)20(21,22)23/h2-10,12H,11H2,1H3. The van der Waals surface area contributed by atoms with E-state index in [1.54, 1.807) is 16.9 Å². The quantitative estimate of drug-likeness (QED) is 0.338. The molecule has 4 rings (SSSR count). The molecule has 2 heterocycles. The van der Waals surface area contributed by atoms with E-state index >= 15 is 0 Å². The molecular weight excluding hydrogens is 385 g/mol. The molecule has 0 atom stereocenters. The number of thioether (sulfide) groups is 1. The maximum atomic E-state index is 12.9. The van der Waals surface area contributed by atoms with Crippen molar-refractivity contribution >= 4 is 22.8 Å². The molecule has 2 aromatic carbocycles. The second-order valence-electron chi connectivity index (χ2n) is 6.29. The zero-order valence-electron chi connectivity index (χ0n) is 14.8. The number of alkyl halides is 3. The Bertz CT molecular complexity index is 1120. The van der Waals surface area contributed by atoms with Crippen LogP contribution in [0.1, 0.15) is 16.7 Å². The number of aryl methyl sites for hydroxylation is 1. The molecular formula is C20H15F3N4S. The summed E-state index contributed by atoms with van der Waals surface area (Å²) in [5, 5.41) is 5.85. The van der Waals surface area contributed by atoms with E-state index in [2.05, 4.69) is 15.1 Å². The molecule has 28 heavy (non-hydrogen) atoms. The second kappa shape index (κ2) is 7.27. The Morgan fingerprint density at radius 2 is 1.82 bits per heavy atom. The van der Waals surface area contributed by atoms with Crippen LogP contribution in [0.15, 0.2) is 66.1 Å². The number of halogens is 3. The first-order chi connectivity index (χ1) is 13.4. The molecule has 0 radical (unpaired) electrons. The van der Waals surface area contributed by atoms with Crippen LogP contribution in [0.3, 0.4) is 0 Å². The van der Waals surface area contributed by atoms with Gasteiger partial charge in [-0.1, -0.05) is 35.9 Å². The molecule has 142 valence electrons. The van der Waals surface area contributed by atoms with Gasteiger partial charge >= 0.3 is 6.18 Å². The molecule has 0 fully saturated rings. The van der Waals surface area contributed by atoms with Gasteiger partial charge in [-0.25, -0.2) is 14.6 Å². The monoisotopic (exact) mass is 400 g/mol. The highest BCUT2D eigenvalue weighted by Crippen LogP contribution is 2.32. The van der Waals surface area contributed by atoms with Crippen LogP contribution in [0, 0.1) is 6.92 Å². The summed E-state index contributed by atoms with van der Waals surface area (Å²) in [4.78, 5) is 8.62. The molecule has 0 amide bonds. The molecule has 0 N–H and O–H groups in total. The van der Waals surface area contributed by atoms with E-state index in [0.717, 1.165) is 22.7 Å². The molecule has 0 unspecified atom stereocenters. The molecule has 0 bridgehead atoms. The Hall–Kier alpha value is -2.87. The van der Waals surface area contributed by atoms with Crippen molar-refractivity contribution in [1.29, 1.82) is 0 Å². The summed E-state index contributed by atoms with van der Waals surface area (Å²) in [7, 11) is 0. The van der Waals surface area contributed by atoms with Gasteiger partial charge in [0.15, 0.2) is 5.65 Å². The third-order valence-electron chi connectivity index (χ3n) is 4.24. The van der Waals surface area contributed by atoms with Crippen molar-refractivity contribution in [3.05, 3.63) is 77.7 Å². The van der Waals surface area contributed by atoms with Crippen LogP contribution in [0.4, 0.5) is 13.2 Å². The number of benzene rings is 2. The minimum Gasteiger partial charge on any atom is -0.229 e. The van der Waals surface area contributed by atoms with E-state index in [0.29, 0.717) is 22.0 Å². The minimum atomic E-state index is -4.35. The fourth-order valence-corrected chi connectivity index (χ4v) is 3.71. The van der Waals surface area contributed by atoms with Crippen molar-refractivity contribution in [1.82, 2.24) is 19.7 Å². The average molecular weight is 400 g/mol. The zero-order valence-corrected chi connectivity index (χ0v) is 15.6. The van der Waals surface area contributed by atoms with Gasteiger partial charge in [0.1, 0.15) is 11.4 Å². The highest BCUT2D eigenvalue weighted by Gasteiger charge is 2.30. The fourth-order valence-electron chi connectivity index (χ4n) is 2.80. The maximum Gasteiger partial charge on any atom is 0.416 e. The predicted molar refractivity (Wildman–Crippen MR) is 102 cm³/mol. The normalized spacial score (nSPS) is 11.9. The van der Waals surface area contributed by atoms with Crippen molar-refractivity contribution in [2.45, 2.75) is 23.9 Å². The Morgan fingerprint density at radius 3 is 2.57 bits per heavy atom. The molecule has 4 nitrogen and oxygen atoms in total. The highest BCUT2D eigenvalue weighted by molar-refractivity contribution is 7.98. The van der Waals surface area contributed by atoms with E-state index in [1.807, 2.05) is 31.2 Å². The third kappa shape index (κ3) is 3.73. The van der Waals surface area contributed by atoms with E-state index in [1.165, 1.54) is 30.2 Å². The summed E-state index contributed by atoms with van der Waals surface area (Å²) < 4.78 is 40.4. The van der Waals surface area contributed by atoms with Crippen LogP contribution in [-0.4, -0.2) is 19.7 Å². The van der Waals surface area contributed by atoms with Gasteiger partial charge in [-0.2, -0.15) is 18.3 Å². The van der Waals surface area contributed by atoms with Crippen LogP contribution < -0.4 is 0 Å². The zero-order chi connectivity index (χ0) is 19.7. The smallest absolute Gasteiger partial charge is 0.229 e. The van der Waals surface area contributed by atoms with Gasteiger partial charge in [-0.05, 0) is 30.7 Å². The van der Waals surface area contributed by atoms with E-state index in [9.17, 15) is 13.2 Å². The topological polar surface area (TPSA) is 43.6 Å². The molecule has 4 aromatic rings. The number of aromatic nitrogens is 4. The predicted octanol–water partition coefficient (Wildman–Crippen LogP) is 5.44. The van der Waals surface area contributed by atoms with Crippen LogP contribution in [0.25, 0.3) is 16.7 Å². The van der Waals surface area contributed by atoms with Crippen LogP contribution in [0.5, 0.6) is 0 Å². The summed E-state index contributed by atoms with van der Waals surface area (Å²) in [6, 6.07) is 13.2. The molecule has 0 aliphatic carbocycles. The maximum absolute atomic E-state index is 12.9. The second-order valence-corrected chi connectivity index (χ2v) is 7.26. The third-order valence-corrected chi connectivity index (χ3v) is 5.31. The lowest BCUT2D eigenvalue weighted by atomic mass is 10.1. The van der Waals surface area contributed by atoms with Crippen LogP contribution in [0.2, 0.25) is 0 Å². The molecule has 0 aliphatic heterocycles. The van der Waals surface area contributed by atoms with Crippen molar-refractivity contribution in [2.24, 2.45) is 0 Å². The number of fused-ring (bicyclic) bond motifs is 1. The van der Waals surface area contributed by atoms with Gasteiger partial charge in [-0.15, -0.1) is 11.8 Å². The van der Waals surface area contributed by atoms with Crippen LogP contribution >= 0.6 is 11.8 Å². The van der Waals surface area contributed by atoms with Gasteiger partial charge in [0.05, 0.1) is 22.8 Å². The Balaban J connectivity index is 1.61. The lowest BCUT2D eigenvalue weighted by molar-refractivity contribution is -0.137.